The van der Waals surface area contributed by atoms with Gasteiger partial charge < -0.3 is 0 Å². The second-order valence-electron chi connectivity index (χ2n) is 4.65. The molecule has 1 saturated carbocycles. The van der Waals surface area contributed by atoms with Gasteiger partial charge in [-0.2, -0.15) is 0 Å². The van der Waals surface area contributed by atoms with Crippen LogP contribution in [0.5, 0.6) is 0 Å². The second-order valence-corrected chi connectivity index (χ2v) is 5.83. The van der Waals surface area contributed by atoms with Gasteiger partial charge in [0.2, 0.25) is 0 Å². The Morgan fingerprint density at radius 1 is 1.31 bits per heavy atom. The maximum Gasteiger partial charge on any atom is 0.129 e. The Morgan fingerprint density at radius 3 is 2.62 bits per heavy atom. The molecule has 0 nitrogen and oxygen atoms in total. The number of rotatable bonds is 2. The van der Waals surface area contributed by atoms with Crippen molar-refractivity contribution in [3.05, 3.63) is 35.4 Å². The van der Waals surface area contributed by atoms with Gasteiger partial charge in [-0.3, -0.25) is 0 Å². The molecule has 0 amide bonds. The van der Waals surface area contributed by atoms with Gasteiger partial charge in [0.25, 0.3) is 0 Å². The van der Waals surface area contributed by atoms with Crippen LogP contribution < -0.4 is 0 Å². The predicted octanol–water partition coefficient (Wildman–Crippen LogP) is 4.32. The molecule has 16 heavy (non-hydrogen) atoms. The van der Waals surface area contributed by atoms with Crippen molar-refractivity contribution in [2.45, 2.75) is 31.0 Å². The third kappa shape index (κ3) is 2.45. The largest absolute Gasteiger partial charge is 0.207 e. The normalized spacial score (nSPS) is 29.6. The predicted molar refractivity (Wildman–Crippen MR) is 64.7 cm³/mol. The molecule has 0 spiro atoms. The average Bonchev–Trinajstić information content (AvgIpc) is 2.54. The van der Waals surface area contributed by atoms with Crippen molar-refractivity contribution in [2.24, 2.45) is 11.8 Å². The minimum atomic E-state index is -0.501. The summed E-state index contributed by atoms with van der Waals surface area (Å²) in [5, 5.41) is 0. The molecule has 1 aliphatic carbocycles. The summed E-state index contributed by atoms with van der Waals surface area (Å²) in [6.07, 6.45) is 2.98. The van der Waals surface area contributed by atoms with E-state index in [1.165, 1.54) is 6.07 Å². The van der Waals surface area contributed by atoms with E-state index in [-0.39, 0.29) is 0 Å². The van der Waals surface area contributed by atoms with Gasteiger partial charge >= 0.3 is 0 Å². The van der Waals surface area contributed by atoms with Crippen LogP contribution >= 0.6 is 15.9 Å². The van der Waals surface area contributed by atoms with Gasteiger partial charge in [-0.25, -0.2) is 8.78 Å². The van der Waals surface area contributed by atoms with E-state index >= 15 is 0 Å². The van der Waals surface area contributed by atoms with Gasteiger partial charge in [-0.05, 0) is 42.7 Å². The summed E-state index contributed by atoms with van der Waals surface area (Å²) >= 11 is 3.63. The summed E-state index contributed by atoms with van der Waals surface area (Å²) in [7, 11) is 0. The van der Waals surface area contributed by atoms with Crippen LogP contribution in [0, 0.1) is 23.5 Å². The highest BCUT2D eigenvalue weighted by atomic mass is 79.9. The van der Waals surface area contributed by atoms with E-state index in [9.17, 15) is 8.78 Å². The van der Waals surface area contributed by atoms with Gasteiger partial charge in [-0.15, -0.1) is 0 Å². The van der Waals surface area contributed by atoms with Crippen molar-refractivity contribution in [2.75, 3.05) is 0 Å². The zero-order valence-corrected chi connectivity index (χ0v) is 10.8. The Morgan fingerprint density at radius 2 is 2.06 bits per heavy atom. The lowest BCUT2D eigenvalue weighted by Crippen LogP contribution is -2.13. The Hall–Kier alpha value is -0.440. The molecule has 0 radical (unpaired) electrons. The van der Waals surface area contributed by atoms with Crippen molar-refractivity contribution in [1.82, 2.24) is 0 Å². The van der Waals surface area contributed by atoms with Crippen LogP contribution in [0.25, 0.3) is 0 Å². The van der Waals surface area contributed by atoms with E-state index in [1.807, 2.05) is 0 Å². The summed E-state index contributed by atoms with van der Waals surface area (Å²) < 4.78 is 26.2. The fourth-order valence-corrected chi connectivity index (χ4v) is 3.15. The zero-order valence-electron chi connectivity index (χ0n) is 9.22. The minimum Gasteiger partial charge on any atom is -0.207 e. The van der Waals surface area contributed by atoms with E-state index in [0.29, 0.717) is 22.2 Å². The quantitative estimate of drug-likeness (QED) is 0.711. The molecule has 3 atom stereocenters. The molecule has 0 saturated heterocycles. The molecule has 1 aliphatic rings. The zero-order chi connectivity index (χ0) is 11.7. The van der Waals surface area contributed by atoms with Crippen LogP contribution in [0.1, 0.15) is 25.3 Å². The van der Waals surface area contributed by atoms with Crippen molar-refractivity contribution in [3.63, 3.8) is 0 Å². The van der Waals surface area contributed by atoms with E-state index in [2.05, 4.69) is 22.9 Å². The molecule has 1 aromatic carbocycles. The summed E-state index contributed by atoms with van der Waals surface area (Å²) in [6.45, 7) is 2.19. The Bertz CT molecular complexity index is 378. The number of hydrogen-bond acceptors (Lipinski definition) is 0. The first-order valence-corrected chi connectivity index (χ1v) is 6.57. The molecule has 3 unspecified atom stereocenters. The van der Waals surface area contributed by atoms with Crippen LogP contribution in [0.15, 0.2) is 18.2 Å². The minimum absolute atomic E-state index is 0.412. The van der Waals surface area contributed by atoms with Crippen LogP contribution in [0.4, 0.5) is 8.78 Å². The maximum absolute atomic E-state index is 13.5. The molecule has 3 heteroatoms. The highest BCUT2D eigenvalue weighted by molar-refractivity contribution is 9.09. The van der Waals surface area contributed by atoms with E-state index < -0.39 is 11.6 Å². The van der Waals surface area contributed by atoms with Crippen LogP contribution in [0.2, 0.25) is 0 Å². The van der Waals surface area contributed by atoms with Crippen LogP contribution in [-0.4, -0.2) is 4.83 Å². The highest BCUT2D eigenvalue weighted by Crippen LogP contribution is 2.38. The van der Waals surface area contributed by atoms with Gasteiger partial charge in [0.05, 0.1) is 0 Å². The number of alkyl halides is 1. The van der Waals surface area contributed by atoms with Crippen molar-refractivity contribution >= 4 is 15.9 Å². The fraction of sp³-hybridized carbons (Fsp3) is 0.538. The first-order chi connectivity index (χ1) is 7.58. The van der Waals surface area contributed by atoms with Gasteiger partial charge in [-0.1, -0.05) is 28.9 Å². The van der Waals surface area contributed by atoms with Crippen molar-refractivity contribution in [1.29, 1.82) is 0 Å². The number of hydrogen-bond donors (Lipinski definition) is 0. The molecule has 0 aliphatic heterocycles. The third-order valence-corrected chi connectivity index (χ3v) is 4.92. The number of benzene rings is 1. The Balaban J connectivity index is 2.09. The standard InChI is InChI=1S/C13H15BrF2/c1-8-9(3-5-12(8)14)6-10-2-4-11(15)7-13(10)16/h2,4,7-9,12H,3,5-6H2,1H3. The van der Waals surface area contributed by atoms with Gasteiger partial charge in [0, 0.05) is 10.9 Å². The molecule has 0 N–H and O–H groups in total. The molecule has 0 heterocycles. The highest BCUT2D eigenvalue weighted by Gasteiger charge is 2.31. The summed E-state index contributed by atoms with van der Waals surface area (Å²) in [5.41, 5.74) is 0.639. The monoisotopic (exact) mass is 288 g/mol. The first-order valence-electron chi connectivity index (χ1n) is 5.66. The molecular weight excluding hydrogens is 274 g/mol. The molecular formula is C13H15BrF2. The fourth-order valence-electron chi connectivity index (χ4n) is 2.45. The molecule has 2 rings (SSSR count). The molecule has 1 aromatic rings. The van der Waals surface area contributed by atoms with Crippen LogP contribution in [0.3, 0.4) is 0 Å². The Labute approximate surface area is 103 Å². The molecule has 88 valence electrons. The lowest BCUT2D eigenvalue weighted by atomic mass is 9.91. The topological polar surface area (TPSA) is 0 Å². The SMILES string of the molecule is CC1C(Br)CCC1Cc1ccc(F)cc1F. The van der Waals surface area contributed by atoms with Crippen LogP contribution in [-0.2, 0) is 6.42 Å². The maximum atomic E-state index is 13.5. The van der Waals surface area contributed by atoms with E-state index in [0.717, 1.165) is 25.3 Å². The van der Waals surface area contributed by atoms with Crippen molar-refractivity contribution in [3.8, 4) is 0 Å². The molecule has 0 aromatic heterocycles. The number of halogens is 3. The summed E-state index contributed by atoms with van der Waals surface area (Å²) in [6, 6.07) is 3.88. The molecule has 0 bridgehead atoms. The smallest absolute Gasteiger partial charge is 0.129 e. The van der Waals surface area contributed by atoms with E-state index in [1.54, 1.807) is 6.07 Å². The third-order valence-electron chi connectivity index (χ3n) is 3.62. The summed E-state index contributed by atoms with van der Waals surface area (Å²) in [5.74, 6) is 0.151. The second kappa shape index (κ2) is 4.82. The Kier molecular flexibility index (Phi) is 3.63. The van der Waals surface area contributed by atoms with E-state index in [4.69, 9.17) is 0 Å². The average molecular weight is 289 g/mol. The lowest BCUT2D eigenvalue weighted by molar-refractivity contribution is 0.415. The first kappa shape index (κ1) is 12.0. The van der Waals surface area contributed by atoms with Gasteiger partial charge in [0.15, 0.2) is 0 Å². The van der Waals surface area contributed by atoms with Gasteiger partial charge in [0.1, 0.15) is 11.6 Å². The lowest BCUT2D eigenvalue weighted by Gasteiger charge is -2.17. The molecule has 1 fully saturated rings. The van der Waals surface area contributed by atoms with Crippen molar-refractivity contribution < 1.29 is 8.78 Å². The summed E-state index contributed by atoms with van der Waals surface area (Å²) in [4.78, 5) is 0.543.